The molecule has 0 atom stereocenters. The number of methoxy groups -OCH3 is 1. The average molecular weight is 418 g/mol. The van der Waals surface area contributed by atoms with Gasteiger partial charge in [0.2, 0.25) is 0 Å². The Balaban J connectivity index is 1.64. The van der Waals surface area contributed by atoms with Gasteiger partial charge in [-0.15, -0.1) is 0 Å². The van der Waals surface area contributed by atoms with Crippen molar-refractivity contribution >= 4 is 15.8 Å². The molecular formula is C22H23FO5S. The Bertz CT molecular complexity index is 1050. The van der Waals surface area contributed by atoms with Crippen LogP contribution in [0.15, 0.2) is 30.3 Å². The molecule has 0 N–H and O–H groups in total. The highest BCUT2D eigenvalue weighted by Crippen LogP contribution is 2.36. The van der Waals surface area contributed by atoms with E-state index in [-0.39, 0.29) is 23.2 Å². The van der Waals surface area contributed by atoms with Crippen LogP contribution in [0, 0.1) is 5.82 Å². The van der Waals surface area contributed by atoms with Gasteiger partial charge in [-0.05, 0) is 78.6 Å². The molecular weight excluding hydrogens is 395 g/mol. The number of ether oxygens (including phenoxy) is 2. The van der Waals surface area contributed by atoms with Crippen LogP contribution in [0.25, 0.3) is 11.1 Å². The summed E-state index contributed by atoms with van der Waals surface area (Å²) in [5.41, 5.74) is 3.69. The third-order valence-corrected chi connectivity index (χ3v) is 7.38. The summed E-state index contributed by atoms with van der Waals surface area (Å²) in [4.78, 5) is 11.9. The fourth-order valence-corrected chi connectivity index (χ4v) is 5.55. The number of fused-ring (bicyclic) bond motifs is 3. The fraction of sp³-hybridized carbons (Fsp3) is 0.409. The summed E-state index contributed by atoms with van der Waals surface area (Å²) in [5, 5.41) is 0. The molecule has 0 saturated carbocycles. The van der Waals surface area contributed by atoms with Crippen molar-refractivity contribution < 1.29 is 27.1 Å². The van der Waals surface area contributed by atoms with E-state index in [1.54, 1.807) is 6.07 Å². The van der Waals surface area contributed by atoms with Gasteiger partial charge in [0.1, 0.15) is 17.7 Å². The quantitative estimate of drug-likeness (QED) is 0.711. The number of aryl methyl sites for hydroxylation is 2. The maximum absolute atomic E-state index is 14.3. The SMILES string of the molecule is COC(=O)c1cc2c(cc1F)CCCc1cc(OC3CCS(=O)(=O)CC3)ccc1-2. The first-order valence-corrected chi connectivity index (χ1v) is 11.6. The van der Waals surface area contributed by atoms with Crippen LogP contribution in [-0.4, -0.2) is 39.1 Å². The van der Waals surface area contributed by atoms with E-state index in [1.165, 1.54) is 13.2 Å². The van der Waals surface area contributed by atoms with E-state index in [4.69, 9.17) is 9.47 Å². The van der Waals surface area contributed by atoms with Gasteiger partial charge in [-0.25, -0.2) is 17.6 Å². The average Bonchev–Trinajstić information content (AvgIpc) is 2.86. The van der Waals surface area contributed by atoms with Crippen molar-refractivity contribution in [1.82, 2.24) is 0 Å². The molecule has 1 fully saturated rings. The van der Waals surface area contributed by atoms with Crippen molar-refractivity contribution in [3.63, 3.8) is 0 Å². The minimum Gasteiger partial charge on any atom is -0.490 e. The number of hydrogen-bond donors (Lipinski definition) is 0. The van der Waals surface area contributed by atoms with Crippen LogP contribution in [0.1, 0.15) is 40.7 Å². The number of halogens is 1. The zero-order valence-electron chi connectivity index (χ0n) is 16.2. The molecule has 154 valence electrons. The van der Waals surface area contributed by atoms with Crippen molar-refractivity contribution in [2.75, 3.05) is 18.6 Å². The fourth-order valence-electron chi connectivity index (χ4n) is 4.10. The predicted molar refractivity (Wildman–Crippen MR) is 108 cm³/mol. The summed E-state index contributed by atoms with van der Waals surface area (Å²) in [5.74, 6) is -0.211. The van der Waals surface area contributed by atoms with Crippen LogP contribution in [0.3, 0.4) is 0 Å². The summed E-state index contributed by atoms with van der Waals surface area (Å²) < 4.78 is 48.3. The maximum atomic E-state index is 14.3. The van der Waals surface area contributed by atoms with Crippen LogP contribution in [0.2, 0.25) is 0 Å². The van der Waals surface area contributed by atoms with E-state index in [0.717, 1.165) is 41.5 Å². The molecule has 2 aliphatic rings. The van der Waals surface area contributed by atoms with Crippen LogP contribution >= 0.6 is 0 Å². The second-order valence-corrected chi connectivity index (χ2v) is 9.93. The van der Waals surface area contributed by atoms with Gasteiger partial charge in [0.15, 0.2) is 9.84 Å². The molecule has 4 rings (SSSR count). The molecule has 1 aliphatic carbocycles. The third kappa shape index (κ3) is 4.15. The van der Waals surface area contributed by atoms with Crippen molar-refractivity contribution in [3.05, 3.63) is 52.8 Å². The Morgan fingerprint density at radius 3 is 2.41 bits per heavy atom. The van der Waals surface area contributed by atoms with Gasteiger partial charge in [-0.2, -0.15) is 0 Å². The van der Waals surface area contributed by atoms with Crippen molar-refractivity contribution in [1.29, 1.82) is 0 Å². The van der Waals surface area contributed by atoms with E-state index in [9.17, 15) is 17.6 Å². The van der Waals surface area contributed by atoms with Gasteiger partial charge in [0.25, 0.3) is 0 Å². The van der Waals surface area contributed by atoms with Gasteiger partial charge >= 0.3 is 5.97 Å². The molecule has 5 nitrogen and oxygen atoms in total. The van der Waals surface area contributed by atoms with Crippen molar-refractivity contribution in [2.24, 2.45) is 0 Å². The highest BCUT2D eigenvalue weighted by Gasteiger charge is 2.26. The van der Waals surface area contributed by atoms with Crippen molar-refractivity contribution in [3.8, 4) is 16.9 Å². The monoisotopic (exact) mass is 418 g/mol. The number of rotatable bonds is 3. The van der Waals surface area contributed by atoms with Gasteiger partial charge in [-0.3, -0.25) is 0 Å². The molecule has 29 heavy (non-hydrogen) atoms. The van der Waals surface area contributed by atoms with E-state index < -0.39 is 21.6 Å². The van der Waals surface area contributed by atoms with Crippen LogP contribution in [0.5, 0.6) is 5.75 Å². The van der Waals surface area contributed by atoms with E-state index in [1.807, 2.05) is 18.2 Å². The number of sulfone groups is 1. The standard InChI is InChI=1S/C22H23FO5S/c1-27-22(24)20-13-19-15(12-21(20)23)4-2-3-14-11-17(5-6-18(14)19)28-16-7-9-29(25,26)10-8-16/h5-6,11-13,16H,2-4,7-10H2,1H3. The molecule has 2 aromatic carbocycles. The molecule has 2 aromatic rings. The Kier molecular flexibility index (Phi) is 5.34. The summed E-state index contributed by atoms with van der Waals surface area (Å²) in [7, 11) is -1.69. The van der Waals surface area contributed by atoms with Gasteiger partial charge < -0.3 is 9.47 Å². The lowest BCUT2D eigenvalue weighted by Gasteiger charge is -2.24. The molecule has 0 bridgehead atoms. The molecule has 1 saturated heterocycles. The molecule has 1 aliphatic heterocycles. The number of hydrogen-bond acceptors (Lipinski definition) is 5. The summed E-state index contributed by atoms with van der Waals surface area (Å²) in [6.07, 6.45) is 3.31. The predicted octanol–water partition coefficient (Wildman–Crippen LogP) is 3.72. The second-order valence-electron chi connectivity index (χ2n) is 7.62. The topological polar surface area (TPSA) is 69.7 Å². The molecule has 0 spiro atoms. The first-order valence-electron chi connectivity index (χ1n) is 9.77. The van der Waals surface area contributed by atoms with E-state index in [2.05, 4.69) is 0 Å². The smallest absolute Gasteiger partial charge is 0.340 e. The van der Waals surface area contributed by atoms with Crippen LogP contribution in [-0.2, 0) is 27.4 Å². The van der Waals surface area contributed by atoms with Crippen LogP contribution < -0.4 is 4.74 Å². The minimum atomic E-state index is -2.93. The summed E-state index contributed by atoms with van der Waals surface area (Å²) in [6, 6.07) is 8.79. The molecule has 1 heterocycles. The van der Waals surface area contributed by atoms with E-state index in [0.29, 0.717) is 18.6 Å². The lowest BCUT2D eigenvalue weighted by Crippen LogP contribution is -2.30. The Morgan fingerprint density at radius 2 is 1.72 bits per heavy atom. The number of esters is 1. The Morgan fingerprint density at radius 1 is 1.03 bits per heavy atom. The number of carbonyl (C=O) groups is 1. The molecule has 0 aromatic heterocycles. The van der Waals surface area contributed by atoms with E-state index >= 15 is 0 Å². The van der Waals surface area contributed by atoms with Crippen LogP contribution in [0.4, 0.5) is 4.39 Å². The zero-order valence-corrected chi connectivity index (χ0v) is 17.1. The Labute approximate surface area is 169 Å². The zero-order chi connectivity index (χ0) is 20.6. The third-order valence-electron chi connectivity index (χ3n) is 5.66. The minimum absolute atomic E-state index is 0.0668. The van der Waals surface area contributed by atoms with Gasteiger partial charge in [0, 0.05) is 0 Å². The molecule has 7 heteroatoms. The Hall–Kier alpha value is -2.41. The molecule has 0 amide bonds. The van der Waals surface area contributed by atoms with Gasteiger partial charge in [0.05, 0.1) is 24.2 Å². The molecule has 0 unspecified atom stereocenters. The second kappa shape index (κ2) is 7.78. The highest BCUT2D eigenvalue weighted by atomic mass is 32.2. The maximum Gasteiger partial charge on any atom is 0.340 e. The number of benzene rings is 2. The highest BCUT2D eigenvalue weighted by molar-refractivity contribution is 7.91. The summed E-state index contributed by atoms with van der Waals surface area (Å²) in [6.45, 7) is 0. The summed E-state index contributed by atoms with van der Waals surface area (Å²) >= 11 is 0. The first kappa shape index (κ1) is 19.9. The normalized spacial score (nSPS) is 18.3. The largest absolute Gasteiger partial charge is 0.490 e. The van der Waals surface area contributed by atoms with Gasteiger partial charge in [-0.1, -0.05) is 6.07 Å². The lowest BCUT2D eigenvalue weighted by atomic mass is 9.94. The lowest BCUT2D eigenvalue weighted by molar-refractivity contribution is 0.0595. The number of carbonyl (C=O) groups excluding carboxylic acids is 1. The van der Waals surface area contributed by atoms with Crippen molar-refractivity contribution in [2.45, 2.75) is 38.2 Å². The first-order chi connectivity index (χ1) is 13.9. The molecule has 0 radical (unpaired) electrons.